The molecule has 2 aromatic rings. The van der Waals surface area contributed by atoms with Crippen LogP contribution < -0.4 is 19.1 Å². The van der Waals surface area contributed by atoms with E-state index in [0.29, 0.717) is 0 Å². The van der Waals surface area contributed by atoms with E-state index >= 15 is 0 Å². The minimum absolute atomic E-state index is 0.0389. The van der Waals surface area contributed by atoms with E-state index in [9.17, 15) is 13.2 Å². The fourth-order valence-electron chi connectivity index (χ4n) is 2.65. The first-order valence-electron chi connectivity index (χ1n) is 8.23. The largest absolute Gasteiger partial charge is 0.493 e. The molecule has 7 nitrogen and oxygen atoms in total. The molecule has 29 heavy (non-hydrogen) atoms. The fraction of sp³-hybridized carbons (Fsp3) is 0.278. The van der Waals surface area contributed by atoms with Crippen LogP contribution in [0.2, 0.25) is 15.1 Å². The van der Waals surface area contributed by atoms with Gasteiger partial charge in [-0.05, 0) is 25.1 Å². The lowest BCUT2D eigenvalue weighted by Gasteiger charge is -2.24. The number of hydrogen-bond acceptors (Lipinski definition) is 5. The molecule has 0 bridgehead atoms. The van der Waals surface area contributed by atoms with E-state index in [0.717, 1.165) is 10.6 Å². The molecule has 0 aliphatic carbocycles. The number of halogens is 3. The van der Waals surface area contributed by atoms with Crippen LogP contribution in [0.3, 0.4) is 0 Å². The third-order valence-electron chi connectivity index (χ3n) is 3.96. The van der Waals surface area contributed by atoms with Crippen molar-refractivity contribution in [2.75, 3.05) is 36.6 Å². The first kappa shape index (κ1) is 23.4. The number of carbonyl (C=O) groups is 1. The molecule has 11 heteroatoms. The Morgan fingerprint density at radius 1 is 1.00 bits per heavy atom. The summed E-state index contributed by atoms with van der Waals surface area (Å²) in [5.74, 6) is -0.0942. The third-order valence-corrected chi connectivity index (χ3v) is 6.25. The summed E-state index contributed by atoms with van der Waals surface area (Å²) in [7, 11) is -0.853. The summed E-state index contributed by atoms with van der Waals surface area (Å²) in [6, 6.07) is 5.61. The van der Waals surface area contributed by atoms with Gasteiger partial charge in [0.25, 0.3) is 5.91 Å². The van der Waals surface area contributed by atoms with Crippen molar-refractivity contribution in [3.63, 3.8) is 0 Å². The van der Waals surface area contributed by atoms with Crippen LogP contribution >= 0.6 is 34.8 Å². The minimum atomic E-state index is -3.67. The Kier molecular flexibility index (Phi) is 7.50. The molecule has 1 N–H and O–H groups in total. The van der Waals surface area contributed by atoms with Gasteiger partial charge in [0.05, 0.1) is 52.5 Å². The van der Waals surface area contributed by atoms with Crippen LogP contribution in [-0.4, -0.2) is 41.3 Å². The predicted molar refractivity (Wildman–Crippen MR) is 117 cm³/mol. The molecule has 0 saturated carbocycles. The van der Waals surface area contributed by atoms with E-state index in [2.05, 4.69) is 5.32 Å². The molecule has 158 valence electrons. The highest BCUT2D eigenvalue weighted by Gasteiger charge is 2.25. The van der Waals surface area contributed by atoms with Crippen molar-refractivity contribution in [3.8, 4) is 11.5 Å². The Hall–Kier alpha value is -1.87. The van der Waals surface area contributed by atoms with E-state index < -0.39 is 15.9 Å². The molecule has 0 radical (unpaired) electrons. The van der Waals surface area contributed by atoms with Gasteiger partial charge in [0.1, 0.15) is 0 Å². The van der Waals surface area contributed by atoms with Crippen molar-refractivity contribution in [2.45, 2.75) is 6.92 Å². The number of carbonyl (C=O) groups excluding carboxylic acids is 1. The molecular formula is C18H19Cl3N2O5S. The van der Waals surface area contributed by atoms with Gasteiger partial charge in [-0.1, -0.05) is 34.8 Å². The molecule has 2 aromatic carbocycles. The number of hydrogen-bond donors (Lipinski definition) is 1. The maximum atomic E-state index is 13.0. The third kappa shape index (κ3) is 5.19. The topological polar surface area (TPSA) is 84.9 Å². The molecule has 1 amide bonds. The summed E-state index contributed by atoms with van der Waals surface area (Å²) >= 11 is 18.0. The second kappa shape index (κ2) is 9.30. The van der Waals surface area contributed by atoms with Crippen molar-refractivity contribution in [1.82, 2.24) is 0 Å². The Bertz CT molecular complexity index is 1040. The highest BCUT2D eigenvalue weighted by molar-refractivity contribution is 7.92. The molecule has 0 unspecified atom stereocenters. The summed E-state index contributed by atoms with van der Waals surface area (Å²) in [5.41, 5.74) is 0.382. The quantitative estimate of drug-likeness (QED) is 0.579. The number of anilines is 2. The van der Waals surface area contributed by atoms with Gasteiger partial charge in [0, 0.05) is 12.6 Å². The van der Waals surface area contributed by atoms with Crippen molar-refractivity contribution in [3.05, 3.63) is 44.9 Å². The lowest BCUT2D eigenvalue weighted by atomic mass is 10.1. The number of nitrogens with one attached hydrogen (secondary N) is 1. The van der Waals surface area contributed by atoms with Crippen molar-refractivity contribution in [2.24, 2.45) is 0 Å². The molecule has 0 saturated heterocycles. The van der Waals surface area contributed by atoms with E-state index in [4.69, 9.17) is 44.3 Å². The van der Waals surface area contributed by atoms with E-state index in [1.807, 2.05) is 0 Å². The van der Waals surface area contributed by atoms with Crippen molar-refractivity contribution >= 4 is 62.1 Å². The van der Waals surface area contributed by atoms with Gasteiger partial charge in [0.2, 0.25) is 10.0 Å². The smallest absolute Gasteiger partial charge is 0.257 e. The van der Waals surface area contributed by atoms with Gasteiger partial charge in [0.15, 0.2) is 11.5 Å². The number of nitrogens with zero attached hydrogens (tertiary/aromatic N) is 1. The highest BCUT2D eigenvalue weighted by atomic mass is 35.5. The van der Waals surface area contributed by atoms with E-state index in [1.54, 1.807) is 6.92 Å². The molecule has 0 heterocycles. The van der Waals surface area contributed by atoms with Crippen LogP contribution in [-0.2, 0) is 10.0 Å². The number of benzene rings is 2. The molecule has 0 aliphatic rings. The van der Waals surface area contributed by atoms with Crippen LogP contribution in [0.5, 0.6) is 11.5 Å². The molecular weight excluding hydrogens is 463 g/mol. The number of amides is 1. The van der Waals surface area contributed by atoms with Crippen molar-refractivity contribution < 1.29 is 22.7 Å². The summed E-state index contributed by atoms with van der Waals surface area (Å²) in [6.07, 6.45) is 1.05. The molecule has 0 aliphatic heterocycles. The standard InChI is InChI=1S/C18H19Cl3N2O5S/c1-5-23(29(4,25)26)15-9-17(28-3)16(27-2)6-10(15)18(24)22-14-8-12(20)11(19)7-13(14)21/h6-9H,5H2,1-4H3,(H,22,24). The van der Waals surface area contributed by atoms with Crippen LogP contribution in [0.25, 0.3) is 0 Å². The second-order valence-corrected chi connectivity index (χ2v) is 8.98. The zero-order valence-electron chi connectivity index (χ0n) is 16.0. The lowest BCUT2D eigenvalue weighted by molar-refractivity contribution is 0.102. The number of rotatable bonds is 7. The van der Waals surface area contributed by atoms with Crippen LogP contribution in [0.15, 0.2) is 24.3 Å². The summed E-state index contributed by atoms with van der Waals surface area (Å²) in [6.45, 7) is 1.75. The first-order valence-corrected chi connectivity index (χ1v) is 11.2. The van der Waals surface area contributed by atoms with Gasteiger partial charge in [-0.3, -0.25) is 9.10 Å². The predicted octanol–water partition coefficient (Wildman–Crippen LogP) is 4.70. The van der Waals surface area contributed by atoms with Gasteiger partial charge in [-0.15, -0.1) is 0 Å². The monoisotopic (exact) mass is 480 g/mol. The average Bonchev–Trinajstić information content (AvgIpc) is 2.64. The maximum Gasteiger partial charge on any atom is 0.257 e. The summed E-state index contributed by atoms with van der Waals surface area (Å²) < 4.78 is 36.1. The molecule has 0 fully saturated rings. The zero-order valence-corrected chi connectivity index (χ0v) is 19.1. The van der Waals surface area contributed by atoms with Gasteiger partial charge < -0.3 is 14.8 Å². The van der Waals surface area contributed by atoms with E-state index in [1.165, 1.54) is 38.5 Å². The number of methoxy groups -OCH3 is 2. The van der Waals surface area contributed by atoms with Crippen molar-refractivity contribution in [1.29, 1.82) is 0 Å². The molecule has 2 rings (SSSR count). The average molecular weight is 482 g/mol. The van der Waals surface area contributed by atoms with Gasteiger partial charge in [-0.25, -0.2) is 8.42 Å². The summed E-state index contributed by atoms with van der Waals surface area (Å²) in [5, 5.41) is 3.23. The van der Waals surface area contributed by atoms with E-state index in [-0.39, 0.29) is 50.0 Å². The first-order chi connectivity index (χ1) is 13.5. The lowest BCUT2D eigenvalue weighted by Crippen LogP contribution is -2.31. The van der Waals surface area contributed by atoms with Crippen LogP contribution in [0, 0.1) is 0 Å². The Morgan fingerprint density at radius 3 is 2.07 bits per heavy atom. The molecule has 0 aromatic heterocycles. The number of ether oxygens (including phenoxy) is 2. The normalized spacial score (nSPS) is 11.1. The van der Waals surface area contributed by atoms with Crippen LogP contribution in [0.1, 0.15) is 17.3 Å². The van der Waals surface area contributed by atoms with Gasteiger partial charge in [-0.2, -0.15) is 0 Å². The fourth-order valence-corrected chi connectivity index (χ4v) is 4.22. The Labute approximate surface area is 184 Å². The molecule has 0 spiro atoms. The summed E-state index contributed by atoms with van der Waals surface area (Å²) in [4.78, 5) is 13.0. The zero-order chi connectivity index (χ0) is 21.9. The highest BCUT2D eigenvalue weighted by Crippen LogP contribution is 2.37. The molecule has 0 atom stereocenters. The SMILES string of the molecule is CCN(c1cc(OC)c(OC)cc1C(=O)Nc1cc(Cl)c(Cl)cc1Cl)S(C)(=O)=O. The number of sulfonamides is 1. The van der Waals surface area contributed by atoms with Gasteiger partial charge >= 0.3 is 0 Å². The Morgan fingerprint density at radius 2 is 1.55 bits per heavy atom. The minimum Gasteiger partial charge on any atom is -0.493 e. The Balaban J connectivity index is 2.63. The second-order valence-electron chi connectivity index (χ2n) is 5.85. The maximum absolute atomic E-state index is 13.0. The van der Waals surface area contributed by atoms with Crippen LogP contribution in [0.4, 0.5) is 11.4 Å².